The summed E-state index contributed by atoms with van der Waals surface area (Å²) in [5.41, 5.74) is -0.720. The van der Waals surface area contributed by atoms with E-state index in [1.165, 1.54) is 25.3 Å². The topological polar surface area (TPSA) is 29.5 Å². The molecule has 0 amide bonds. The highest BCUT2D eigenvalue weighted by Gasteiger charge is 2.24. The van der Waals surface area contributed by atoms with Crippen LogP contribution in [0.2, 0.25) is 0 Å². The van der Waals surface area contributed by atoms with Crippen molar-refractivity contribution in [3.8, 4) is 11.5 Å². The van der Waals surface area contributed by atoms with Crippen molar-refractivity contribution in [2.45, 2.75) is 0 Å². The number of benzene rings is 2. The average Bonchev–Trinajstić information content (AvgIpc) is 2.52. The van der Waals surface area contributed by atoms with Crippen molar-refractivity contribution in [1.29, 1.82) is 0 Å². The van der Waals surface area contributed by atoms with E-state index in [1.807, 2.05) is 0 Å². The number of hydrogen-bond acceptors (Lipinski definition) is 2. The normalized spacial score (nSPS) is 11.2. The Morgan fingerprint density at radius 2 is 1.41 bits per heavy atom. The van der Waals surface area contributed by atoms with E-state index in [1.54, 1.807) is 0 Å². The molecule has 0 saturated carbocycles. The average molecular weight is 316 g/mol. The molecular weight excluding hydrogens is 307 g/mol. The SMILES string of the molecule is COc1cc(/C=C/c2c(F)c(F)c(F)c(F)c2F)ccc1O. The number of halogens is 5. The van der Waals surface area contributed by atoms with Gasteiger partial charge in [-0.15, -0.1) is 0 Å². The van der Waals surface area contributed by atoms with E-state index in [4.69, 9.17) is 4.74 Å². The van der Waals surface area contributed by atoms with E-state index in [0.717, 1.165) is 12.2 Å². The smallest absolute Gasteiger partial charge is 0.200 e. The molecule has 2 nitrogen and oxygen atoms in total. The number of rotatable bonds is 3. The third-order valence-corrected chi connectivity index (χ3v) is 2.89. The molecule has 1 N–H and O–H groups in total. The van der Waals surface area contributed by atoms with Crippen LogP contribution >= 0.6 is 0 Å². The minimum absolute atomic E-state index is 0.0968. The Balaban J connectivity index is 2.47. The fraction of sp³-hybridized carbons (Fsp3) is 0.0667. The van der Waals surface area contributed by atoms with Crippen LogP contribution in [0.4, 0.5) is 22.0 Å². The molecule has 116 valence electrons. The molecule has 0 aliphatic heterocycles. The Labute approximate surface area is 122 Å². The van der Waals surface area contributed by atoms with Crippen LogP contribution in [-0.4, -0.2) is 12.2 Å². The van der Waals surface area contributed by atoms with Gasteiger partial charge in [0.05, 0.1) is 12.7 Å². The number of aromatic hydroxyl groups is 1. The fourth-order valence-electron chi connectivity index (χ4n) is 1.75. The predicted molar refractivity (Wildman–Crippen MR) is 69.8 cm³/mol. The molecule has 22 heavy (non-hydrogen) atoms. The first-order valence-electron chi connectivity index (χ1n) is 5.93. The Hall–Kier alpha value is -2.57. The third-order valence-electron chi connectivity index (χ3n) is 2.89. The summed E-state index contributed by atoms with van der Waals surface area (Å²) in [7, 11) is 1.30. The second kappa shape index (κ2) is 6.05. The lowest BCUT2D eigenvalue weighted by molar-refractivity contribution is 0.373. The van der Waals surface area contributed by atoms with Crippen molar-refractivity contribution in [2.24, 2.45) is 0 Å². The molecule has 0 unspecified atom stereocenters. The first-order chi connectivity index (χ1) is 10.4. The zero-order valence-electron chi connectivity index (χ0n) is 11.1. The summed E-state index contributed by atoms with van der Waals surface area (Å²) in [4.78, 5) is 0. The first kappa shape index (κ1) is 15.8. The van der Waals surface area contributed by atoms with Gasteiger partial charge in [-0.2, -0.15) is 0 Å². The molecule has 0 saturated heterocycles. The molecular formula is C15H9F5O2. The summed E-state index contributed by atoms with van der Waals surface area (Å²) in [6, 6.07) is 3.97. The van der Waals surface area contributed by atoms with Gasteiger partial charge in [-0.25, -0.2) is 22.0 Å². The Kier molecular flexibility index (Phi) is 4.35. The van der Waals surface area contributed by atoms with Crippen LogP contribution in [0, 0.1) is 29.1 Å². The highest BCUT2D eigenvalue weighted by Crippen LogP contribution is 2.28. The standard InChI is InChI=1S/C15H9F5O2/c1-22-10-6-7(3-5-9(10)21)2-4-8-11(16)13(18)15(20)14(19)12(8)17/h2-6,21H,1H3/b4-2+. The molecule has 2 rings (SSSR count). The van der Waals surface area contributed by atoms with Crippen molar-refractivity contribution in [1.82, 2.24) is 0 Å². The van der Waals surface area contributed by atoms with Gasteiger partial charge >= 0.3 is 0 Å². The summed E-state index contributed by atoms with van der Waals surface area (Å²) in [6.45, 7) is 0. The van der Waals surface area contributed by atoms with Crippen LogP contribution in [0.5, 0.6) is 11.5 Å². The Bertz CT molecular complexity index is 727. The van der Waals surface area contributed by atoms with Gasteiger partial charge in [0.2, 0.25) is 5.82 Å². The lowest BCUT2D eigenvalue weighted by Gasteiger charge is -2.05. The van der Waals surface area contributed by atoms with Crippen molar-refractivity contribution in [2.75, 3.05) is 7.11 Å². The van der Waals surface area contributed by atoms with Crippen LogP contribution < -0.4 is 4.74 Å². The van der Waals surface area contributed by atoms with Crippen LogP contribution in [0.25, 0.3) is 12.2 Å². The molecule has 0 bridgehead atoms. The van der Waals surface area contributed by atoms with Gasteiger partial charge in [-0.1, -0.05) is 12.1 Å². The quantitative estimate of drug-likeness (QED) is 0.397. The minimum atomic E-state index is -2.21. The zero-order chi connectivity index (χ0) is 16.4. The summed E-state index contributed by atoms with van der Waals surface area (Å²) in [6.07, 6.45) is 1.88. The molecule has 2 aromatic carbocycles. The summed E-state index contributed by atoms with van der Waals surface area (Å²) >= 11 is 0. The monoisotopic (exact) mass is 316 g/mol. The Morgan fingerprint density at radius 3 is 1.95 bits per heavy atom. The number of ether oxygens (including phenoxy) is 1. The van der Waals surface area contributed by atoms with E-state index in [9.17, 15) is 27.1 Å². The Morgan fingerprint density at radius 1 is 0.864 bits per heavy atom. The highest BCUT2D eigenvalue weighted by molar-refractivity contribution is 5.71. The van der Waals surface area contributed by atoms with Crippen molar-refractivity contribution in [3.63, 3.8) is 0 Å². The molecule has 0 spiro atoms. The van der Waals surface area contributed by atoms with Gasteiger partial charge in [-0.05, 0) is 23.8 Å². The predicted octanol–water partition coefficient (Wildman–Crippen LogP) is 4.27. The van der Waals surface area contributed by atoms with Gasteiger partial charge in [0.1, 0.15) is 0 Å². The maximum absolute atomic E-state index is 13.5. The maximum Gasteiger partial charge on any atom is 0.200 e. The second-order valence-corrected chi connectivity index (χ2v) is 4.25. The van der Waals surface area contributed by atoms with Crippen molar-refractivity contribution in [3.05, 3.63) is 58.4 Å². The molecule has 0 heterocycles. The van der Waals surface area contributed by atoms with Crippen LogP contribution in [0.1, 0.15) is 11.1 Å². The lowest BCUT2D eigenvalue weighted by atomic mass is 10.1. The summed E-state index contributed by atoms with van der Waals surface area (Å²) in [5, 5.41) is 9.40. The number of phenolic OH excluding ortho intramolecular Hbond substituents is 1. The third kappa shape index (κ3) is 2.74. The van der Waals surface area contributed by atoms with E-state index < -0.39 is 34.6 Å². The summed E-state index contributed by atoms with van der Waals surface area (Å²) in [5.74, 6) is -10.1. The highest BCUT2D eigenvalue weighted by atomic mass is 19.2. The number of methoxy groups -OCH3 is 1. The van der Waals surface area contributed by atoms with E-state index in [0.29, 0.717) is 5.56 Å². The first-order valence-corrected chi connectivity index (χ1v) is 5.93. The minimum Gasteiger partial charge on any atom is -0.504 e. The van der Waals surface area contributed by atoms with Crippen molar-refractivity contribution < 1.29 is 31.8 Å². The van der Waals surface area contributed by atoms with Gasteiger partial charge in [0.25, 0.3) is 0 Å². The van der Waals surface area contributed by atoms with Gasteiger partial charge in [0, 0.05) is 0 Å². The van der Waals surface area contributed by atoms with Gasteiger partial charge in [0.15, 0.2) is 34.8 Å². The number of phenols is 1. The number of hydrogen-bond donors (Lipinski definition) is 1. The molecule has 2 aromatic rings. The van der Waals surface area contributed by atoms with E-state index in [2.05, 4.69) is 0 Å². The molecule has 0 radical (unpaired) electrons. The second-order valence-electron chi connectivity index (χ2n) is 4.25. The molecule has 0 aliphatic rings. The maximum atomic E-state index is 13.5. The van der Waals surface area contributed by atoms with E-state index >= 15 is 0 Å². The molecule has 0 aliphatic carbocycles. The van der Waals surface area contributed by atoms with Gasteiger partial charge < -0.3 is 9.84 Å². The molecule has 0 fully saturated rings. The molecule has 7 heteroatoms. The lowest BCUT2D eigenvalue weighted by Crippen LogP contribution is -2.03. The van der Waals surface area contributed by atoms with Gasteiger partial charge in [-0.3, -0.25) is 0 Å². The fourth-order valence-corrected chi connectivity index (χ4v) is 1.75. The summed E-state index contributed by atoms with van der Waals surface area (Å²) < 4.78 is 70.8. The van der Waals surface area contributed by atoms with Crippen LogP contribution in [0.3, 0.4) is 0 Å². The van der Waals surface area contributed by atoms with E-state index in [-0.39, 0.29) is 11.5 Å². The van der Waals surface area contributed by atoms with Crippen molar-refractivity contribution >= 4 is 12.2 Å². The van der Waals surface area contributed by atoms with Crippen LogP contribution in [0.15, 0.2) is 18.2 Å². The van der Waals surface area contributed by atoms with Crippen LogP contribution in [-0.2, 0) is 0 Å². The largest absolute Gasteiger partial charge is 0.504 e. The zero-order valence-corrected chi connectivity index (χ0v) is 11.1. The molecule has 0 aromatic heterocycles. The molecule has 0 atom stereocenters.